The molecule has 0 aromatic carbocycles. The SMILES string of the molecule is Cc1c(NC(=O)c2ccccn2)c(C(=O)N(C)C)nn1C. The minimum absolute atomic E-state index is 0.212. The minimum atomic E-state index is -0.375. The van der Waals surface area contributed by atoms with E-state index in [0.717, 1.165) is 0 Å². The van der Waals surface area contributed by atoms with Crippen molar-refractivity contribution in [3.8, 4) is 0 Å². The van der Waals surface area contributed by atoms with Crippen LogP contribution in [0.5, 0.6) is 0 Å². The molecular formula is C14H17N5O2. The van der Waals surface area contributed by atoms with E-state index >= 15 is 0 Å². The Morgan fingerprint density at radius 1 is 1.29 bits per heavy atom. The van der Waals surface area contributed by atoms with Gasteiger partial charge in [0, 0.05) is 27.3 Å². The van der Waals surface area contributed by atoms with Crippen LogP contribution in [0.15, 0.2) is 24.4 Å². The highest BCUT2D eigenvalue weighted by atomic mass is 16.2. The molecule has 21 heavy (non-hydrogen) atoms. The number of carbonyl (C=O) groups excluding carboxylic acids is 2. The first-order valence-electron chi connectivity index (χ1n) is 6.39. The van der Waals surface area contributed by atoms with E-state index in [-0.39, 0.29) is 23.2 Å². The third-order valence-electron chi connectivity index (χ3n) is 3.08. The predicted molar refractivity (Wildman–Crippen MR) is 78.2 cm³/mol. The molecule has 0 spiro atoms. The van der Waals surface area contributed by atoms with Gasteiger partial charge in [0.05, 0.1) is 11.4 Å². The molecular weight excluding hydrogens is 270 g/mol. The van der Waals surface area contributed by atoms with Crippen molar-refractivity contribution in [3.05, 3.63) is 41.5 Å². The molecule has 0 aliphatic heterocycles. The first-order valence-corrected chi connectivity index (χ1v) is 6.39. The van der Waals surface area contributed by atoms with Crippen LogP contribution >= 0.6 is 0 Å². The molecule has 0 atom stereocenters. The Balaban J connectivity index is 2.36. The molecule has 0 unspecified atom stereocenters. The van der Waals surface area contributed by atoms with Gasteiger partial charge in [-0.05, 0) is 19.1 Å². The number of nitrogens with one attached hydrogen (secondary N) is 1. The number of aromatic nitrogens is 3. The number of rotatable bonds is 3. The van der Waals surface area contributed by atoms with Gasteiger partial charge in [0.2, 0.25) is 0 Å². The standard InChI is InChI=1S/C14H17N5O2/c1-9-11(12(17-19(9)4)14(21)18(2)3)16-13(20)10-7-5-6-8-15-10/h5-8H,1-4H3,(H,16,20). The molecule has 2 rings (SSSR count). The van der Waals surface area contributed by atoms with Gasteiger partial charge in [-0.15, -0.1) is 0 Å². The lowest BCUT2D eigenvalue weighted by molar-refractivity contribution is 0.0822. The maximum Gasteiger partial charge on any atom is 0.276 e. The topological polar surface area (TPSA) is 80.1 Å². The lowest BCUT2D eigenvalue weighted by Crippen LogP contribution is -2.24. The summed E-state index contributed by atoms with van der Waals surface area (Å²) in [6.07, 6.45) is 1.54. The quantitative estimate of drug-likeness (QED) is 0.916. The van der Waals surface area contributed by atoms with Crippen molar-refractivity contribution in [2.45, 2.75) is 6.92 Å². The van der Waals surface area contributed by atoms with Crippen LogP contribution in [0, 0.1) is 6.92 Å². The average Bonchev–Trinajstić information content (AvgIpc) is 2.75. The molecule has 0 saturated carbocycles. The van der Waals surface area contributed by atoms with E-state index in [9.17, 15) is 9.59 Å². The summed E-state index contributed by atoms with van der Waals surface area (Å²) in [5.74, 6) is -0.644. The summed E-state index contributed by atoms with van der Waals surface area (Å²) in [5, 5.41) is 6.89. The number of carbonyl (C=O) groups is 2. The lowest BCUT2D eigenvalue weighted by Gasteiger charge is -2.10. The molecule has 7 nitrogen and oxygen atoms in total. The van der Waals surface area contributed by atoms with E-state index in [4.69, 9.17) is 0 Å². The number of hydrogen-bond donors (Lipinski definition) is 1. The Labute approximate surface area is 122 Å². The van der Waals surface area contributed by atoms with Crippen LogP contribution in [0.2, 0.25) is 0 Å². The molecule has 0 saturated heterocycles. The van der Waals surface area contributed by atoms with Gasteiger partial charge in [0.25, 0.3) is 11.8 Å². The summed E-state index contributed by atoms with van der Waals surface area (Å²) in [6.45, 7) is 1.79. The van der Waals surface area contributed by atoms with Crippen molar-refractivity contribution in [1.29, 1.82) is 0 Å². The second-order valence-corrected chi connectivity index (χ2v) is 4.80. The molecule has 0 aliphatic rings. The fourth-order valence-corrected chi connectivity index (χ4v) is 1.79. The third-order valence-corrected chi connectivity index (χ3v) is 3.08. The van der Waals surface area contributed by atoms with Gasteiger partial charge in [-0.2, -0.15) is 5.10 Å². The molecule has 1 N–H and O–H groups in total. The van der Waals surface area contributed by atoms with Gasteiger partial charge >= 0.3 is 0 Å². The Kier molecular flexibility index (Phi) is 4.02. The molecule has 2 aromatic heterocycles. The number of aryl methyl sites for hydroxylation is 1. The van der Waals surface area contributed by atoms with Gasteiger partial charge in [-0.3, -0.25) is 19.3 Å². The highest BCUT2D eigenvalue weighted by Gasteiger charge is 2.23. The maximum absolute atomic E-state index is 12.2. The number of anilines is 1. The Morgan fingerprint density at radius 3 is 2.57 bits per heavy atom. The van der Waals surface area contributed by atoms with Crippen molar-refractivity contribution in [1.82, 2.24) is 19.7 Å². The lowest BCUT2D eigenvalue weighted by atomic mass is 10.2. The van der Waals surface area contributed by atoms with Crippen molar-refractivity contribution in [2.75, 3.05) is 19.4 Å². The summed E-state index contributed by atoms with van der Waals surface area (Å²) in [4.78, 5) is 29.7. The second kappa shape index (κ2) is 5.74. The third kappa shape index (κ3) is 2.91. The maximum atomic E-state index is 12.2. The normalized spacial score (nSPS) is 10.3. The Hall–Kier alpha value is -2.70. The van der Waals surface area contributed by atoms with Crippen LogP contribution in [0.3, 0.4) is 0 Å². The summed E-state index contributed by atoms with van der Waals surface area (Å²) in [5.41, 5.74) is 1.60. The van der Waals surface area contributed by atoms with Crippen LogP contribution in [0.25, 0.3) is 0 Å². The fraction of sp³-hybridized carbons (Fsp3) is 0.286. The highest BCUT2D eigenvalue weighted by Crippen LogP contribution is 2.21. The Bertz CT molecular complexity index is 676. The fourth-order valence-electron chi connectivity index (χ4n) is 1.79. The van der Waals surface area contributed by atoms with Crippen molar-refractivity contribution < 1.29 is 9.59 Å². The molecule has 7 heteroatoms. The van der Waals surface area contributed by atoms with Gasteiger partial charge in [-0.25, -0.2) is 0 Å². The molecule has 2 heterocycles. The van der Waals surface area contributed by atoms with E-state index in [0.29, 0.717) is 11.4 Å². The first-order chi connectivity index (χ1) is 9.91. The van der Waals surface area contributed by atoms with Crippen molar-refractivity contribution >= 4 is 17.5 Å². The van der Waals surface area contributed by atoms with Crippen LogP contribution in [0.4, 0.5) is 5.69 Å². The zero-order valence-electron chi connectivity index (χ0n) is 12.4. The minimum Gasteiger partial charge on any atom is -0.343 e. The number of hydrogen-bond acceptors (Lipinski definition) is 4. The van der Waals surface area contributed by atoms with E-state index in [1.54, 1.807) is 50.9 Å². The summed E-state index contributed by atoms with van der Waals surface area (Å²) in [7, 11) is 4.99. The molecule has 0 fully saturated rings. The monoisotopic (exact) mass is 287 g/mol. The summed E-state index contributed by atoms with van der Waals surface area (Å²) in [6, 6.07) is 5.06. The van der Waals surface area contributed by atoms with Crippen molar-refractivity contribution in [3.63, 3.8) is 0 Å². The predicted octanol–water partition coefficient (Wildman–Crippen LogP) is 1.08. The highest BCUT2D eigenvalue weighted by molar-refractivity contribution is 6.07. The number of amides is 2. The molecule has 2 amide bonds. The van der Waals surface area contributed by atoms with Crippen LogP contribution in [-0.2, 0) is 7.05 Å². The van der Waals surface area contributed by atoms with Crippen LogP contribution in [-0.4, -0.2) is 45.6 Å². The largest absolute Gasteiger partial charge is 0.343 e. The number of nitrogens with zero attached hydrogens (tertiary/aromatic N) is 4. The smallest absolute Gasteiger partial charge is 0.276 e. The summed E-state index contributed by atoms with van der Waals surface area (Å²) >= 11 is 0. The van der Waals surface area contributed by atoms with E-state index in [1.165, 1.54) is 11.1 Å². The number of pyridine rings is 1. The van der Waals surface area contributed by atoms with Gasteiger partial charge in [0.15, 0.2) is 5.69 Å². The Morgan fingerprint density at radius 2 is 2.00 bits per heavy atom. The molecule has 110 valence electrons. The zero-order valence-corrected chi connectivity index (χ0v) is 12.4. The molecule has 2 aromatic rings. The van der Waals surface area contributed by atoms with Crippen LogP contribution in [0.1, 0.15) is 26.7 Å². The van der Waals surface area contributed by atoms with Crippen molar-refractivity contribution in [2.24, 2.45) is 7.05 Å². The molecule has 0 bridgehead atoms. The second-order valence-electron chi connectivity index (χ2n) is 4.80. The van der Waals surface area contributed by atoms with Crippen LogP contribution < -0.4 is 5.32 Å². The molecule has 0 aliphatic carbocycles. The van der Waals surface area contributed by atoms with Gasteiger partial charge in [0.1, 0.15) is 5.69 Å². The average molecular weight is 287 g/mol. The zero-order chi connectivity index (χ0) is 15.6. The van der Waals surface area contributed by atoms with E-state index < -0.39 is 0 Å². The van der Waals surface area contributed by atoms with E-state index in [1.807, 2.05) is 0 Å². The van der Waals surface area contributed by atoms with Gasteiger partial charge in [-0.1, -0.05) is 6.07 Å². The van der Waals surface area contributed by atoms with E-state index in [2.05, 4.69) is 15.4 Å². The van der Waals surface area contributed by atoms with Gasteiger partial charge < -0.3 is 10.2 Å². The molecule has 0 radical (unpaired) electrons. The summed E-state index contributed by atoms with van der Waals surface area (Å²) < 4.78 is 1.56. The first kappa shape index (κ1) is 14.7.